The number of hydrogen-bond acceptors (Lipinski definition) is 1. The summed E-state index contributed by atoms with van der Waals surface area (Å²) in [4.78, 5) is 14.5. The summed E-state index contributed by atoms with van der Waals surface area (Å²) in [6, 6.07) is 25.1. The summed E-state index contributed by atoms with van der Waals surface area (Å²) in [5, 5.41) is 0. The second-order valence-corrected chi connectivity index (χ2v) is 7.26. The van der Waals surface area contributed by atoms with Gasteiger partial charge < -0.3 is 4.90 Å². The molecule has 3 aromatic carbocycles. The first-order valence-corrected chi connectivity index (χ1v) is 9.26. The Morgan fingerprint density at radius 3 is 2.22 bits per heavy atom. The fourth-order valence-electron chi connectivity index (χ4n) is 3.61. The Hall–Kier alpha value is -2.94. The van der Waals surface area contributed by atoms with Crippen LogP contribution in [0, 0.1) is 11.7 Å². The van der Waals surface area contributed by atoms with E-state index in [0.717, 1.165) is 17.5 Å². The zero-order chi connectivity index (χ0) is 18.8. The van der Waals surface area contributed by atoms with Crippen molar-refractivity contribution in [1.82, 2.24) is 4.90 Å². The van der Waals surface area contributed by atoms with Crippen molar-refractivity contribution in [3.05, 3.63) is 95.8 Å². The van der Waals surface area contributed by atoms with Crippen LogP contribution in [0.3, 0.4) is 0 Å². The first kappa shape index (κ1) is 17.5. The highest BCUT2D eigenvalue weighted by Crippen LogP contribution is 2.48. The van der Waals surface area contributed by atoms with E-state index in [1.807, 2.05) is 25.2 Å². The van der Waals surface area contributed by atoms with E-state index in [4.69, 9.17) is 0 Å². The van der Waals surface area contributed by atoms with Gasteiger partial charge in [0.05, 0.1) is 0 Å². The molecule has 0 bridgehead atoms. The highest BCUT2D eigenvalue weighted by molar-refractivity contribution is 5.82. The van der Waals surface area contributed by atoms with Crippen molar-refractivity contribution in [1.29, 1.82) is 0 Å². The van der Waals surface area contributed by atoms with Crippen molar-refractivity contribution in [2.45, 2.75) is 18.9 Å². The molecule has 0 heterocycles. The molecule has 27 heavy (non-hydrogen) atoms. The van der Waals surface area contributed by atoms with Gasteiger partial charge in [0.1, 0.15) is 5.82 Å². The number of carbonyl (C=O) groups excluding carboxylic acids is 1. The third-order valence-electron chi connectivity index (χ3n) is 5.26. The van der Waals surface area contributed by atoms with Gasteiger partial charge in [0, 0.05) is 19.5 Å². The SMILES string of the molecule is CN(Cc1ccc(-c2ccccc2)cc1)C(=O)[C@@H]1C[C@H]1c1ccc(F)cc1. The van der Waals surface area contributed by atoms with Gasteiger partial charge in [-0.2, -0.15) is 0 Å². The van der Waals surface area contributed by atoms with Crippen molar-refractivity contribution in [2.75, 3.05) is 7.05 Å². The minimum Gasteiger partial charge on any atom is -0.341 e. The fourth-order valence-corrected chi connectivity index (χ4v) is 3.61. The zero-order valence-corrected chi connectivity index (χ0v) is 15.3. The molecule has 0 saturated heterocycles. The Bertz CT molecular complexity index is 919. The average Bonchev–Trinajstić information content (AvgIpc) is 3.50. The Morgan fingerprint density at radius 2 is 1.56 bits per heavy atom. The number of rotatable bonds is 5. The number of hydrogen-bond donors (Lipinski definition) is 0. The fraction of sp³-hybridized carbons (Fsp3) is 0.208. The molecule has 0 unspecified atom stereocenters. The molecule has 0 N–H and O–H groups in total. The largest absolute Gasteiger partial charge is 0.341 e. The topological polar surface area (TPSA) is 20.3 Å². The molecule has 1 amide bonds. The minimum absolute atomic E-state index is 0.0176. The van der Waals surface area contributed by atoms with Crippen molar-refractivity contribution >= 4 is 5.91 Å². The van der Waals surface area contributed by atoms with E-state index in [1.165, 1.54) is 23.3 Å². The first-order chi connectivity index (χ1) is 13.1. The van der Waals surface area contributed by atoms with Crippen molar-refractivity contribution in [3.8, 4) is 11.1 Å². The molecule has 1 fully saturated rings. The maximum absolute atomic E-state index is 13.1. The smallest absolute Gasteiger partial charge is 0.226 e. The molecular weight excluding hydrogens is 337 g/mol. The predicted molar refractivity (Wildman–Crippen MR) is 106 cm³/mol. The molecule has 0 aliphatic heterocycles. The van der Waals surface area contributed by atoms with Crippen LogP contribution in [0.15, 0.2) is 78.9 Å². The van der Waals surface area contributed by atoms with Crippen LogP contribution in [0.25, 0.3) is 11.1 Å². The Morgan fingerprint density at radius 1 is 0.926 bits per heavy atom. The van der Waals surface area contributed by atoms with Gasteiger partial charge in [-0.25, -0.2) is 4.39 Å². The Kier molecular flexibility index (Phi) is 4.76. The van der Waals surface area contributed by atoms with Gasteiger partial charge in [-0.3, -0.25) is 4.79 Å². The summed E-state index contributed by atoms with van der Waals surface area (Å²) in [5.74, 6) is 0.167. The summed E-state index contributed by atoms with van der Waals surface area (Å²) in [6.45, 7) is 0.598. The maximum atomic E-state index is 13.1. The van der Waals surface area contributed by atoms with E-state index in [9.17, 15) is 9.18 Å². The number of nitrogens with zero attached hydrogens (tertiary/aromatic N) is 1. The highest BCUT2D eigenvalue weighted by atomic mass is 19.1. The Labute approximate surface area is 159 Å². The zero-order valence-electron chi connectivity index (χ0n) is 15.3. The third kappa shape index (κ3) is 3.92. The predicted octanol–water partition coefficient (Wildman–Crippen LogP) is 5.25. The van der Waals surface area contributed by atoms with Crippen LogP contribution in [0.2, 0.25) is 0 Å². The third-order valence-corrected chi connectivity index (χ3v) is 5.26. The summed E-state index contributed by atoms with van der Waals surface area (Å²) in [7, 11) is 1.85. The minimum atomic E-state index is -0.238. The van der Waals surface area contributed by atoms with Gasteiger partial charge in [0.25, 0.3) is 0 Å². The molecule has 1 aliphatic carbocycles. The molecular formula is C24H22FNO. The van der Waals surface area contributed by atoms with Crippen molar-refractivity contribution < 1.29 is 9.18 Å². The normalized spacial score (nSPS) is 18.1. The molecule has 136 valence electrons. The van der Waals surface area contributed by atoms with Crippen LogP contribution >= 0.6 is 0 Å². The summed E-state index contributed by atoms with van der Waals surface area (Å²) in [5.41, 5.74) is 4.53. The van der Waals surface area contributed by atoms with Gasteiger partial charge in [-0.1, -0.05) is 66.7 Å². The molecule has 3 aromatic rings. The van der Waals surface area contributed by atoms with E-state index >= 15 is 0 Å². The summed E-state index contributed by atoms with van der Waals surface area (Å²) >= 11 is 0. The number of halogens is 1. The van der Waals surface area contributed by atoms with Crippen molar-refractivity contribution in [3.63, 3.8) is 0 Å². The van der Waals surface area contributed by atoms with Crippen LogP contribution in [-0.2, 0) is 11.3 Å². The molecule has 0 radical (unpaired) electrons. The van der Waals surface area contributed by atoms with Crippen molar-refractivity contribution in [2.24, 2.45) is 5.92 Å². The standard InChI is InChI=1S/C24H22FNO/c1-26(24(27)23-15-22(23)20-11-13-21(25)14-12-20)16-17-7-9-19(10-8-17)18-5-3-2-4-6-18/h2-14,22-23H,15-16H2,1H3/t22-,23+/m0/s1. The van der Waals surface area contributed by atoms with E-state index in [1.54, 1.807) is 17.0 Å². The summed E-state index contributed by atoms with van der Waals surface area (Å²) in [6.07, 6.45) is 0.849. The lowest BCUT2D eigenvalue weighted by molar-refractivity contribution is -0.131. The lowest BCUT2D eigenvalue weighted by Crippen LogP contribution is -2.28. The van der Waals surface area contributed by atoms with Crippen LogP contribution in [0.4, 0.5) is 4.39 Å². The van der Waals surface area contributed by atoms with Crippen LogP contribution in [-0.4, -0.2) is 17.9 Å². The van der Waals surface area contributed by atoms with Gasteiger partial charge in [-0.05, 0) is 46.7 Å². The van der Waals surface area contributed by atoms with E-state index in [-0.39, 0.29) is 23.6 Å². The van der Waals surface area contributed by atoms with Crippen LogP contribution < -0.4 is 0 Å². The van der Waals surface area contributed by atoms with Gasteiger partial charge in [-0.15, -0.1) is 0 Å². The summed E-state index contributed by atoms with van der Waals surface area (Å²) < 4.78 is 13.1. The maximum Gasteiger partial charge on any atom is 0.226 e. The second kappa shape index (κ2) is 7.36. The molecule has 2 nitrogen and oxygen atoms in total. The lowest BCUT2D eigenvalue weighted by Gasteiger charge is -2.18. The van der Waals surface area contributed by atoms with Gasteiger partial charge in [0.15, 0.2) is 0 Å². The number of carbonyl (C=O) groups is 1. The van der Waals surface area contributed by atoms with Gasteiger partial charge in [0.2, 0.25) is 5.91 Å². The first-order valence-electron chi connectivity index (χ1n) is 9.26. The monoisotopic (exact) mass is 359 g/mol. The highest BCUT2D eigenvalue weighted by Gasteiger charge is 2.45. The Balaban J connectivity index is 1.37. The van der Waals surface area contributed by atoms with E-state index < -0.39 is 0 Å². The number of benzene rings is 3. The second-order valence-electron chi connectivity index (χ2n) is 7.26. The molecule has 1 aliphatic rings. The van der Waals surface area contributed by atoms with Crippen LogP contribution in [0.5, 0.6) is 0 Å². The quantitative estimate of drug-likeness (QED) is 0.609. The molecule has 0 spiro atoms. The molecule has 0 aromatic heterocycles. The van der Waals surface area contributed by atoms with E-state index in [0.29, 0.717) is 6.54 Å². The molecule has 1 saturated carbocycles. The van der Waals surface area contributed by atoms with Gasteiger partial charge >= 0.3 is 0 Å². The van der Waals surface area contributed by atoms with E-state index in [2.05, 4.69) is 36.4 Å². The average molecular weight is 359 g/mol. The number of amides is 1. The molecule has 3 heteroatoms. The van der Waals surface area contributed by atoms with Crippen LogP contribution in [0.1, 0.15) is 23.5 Å². The lowest BCUT2D eigenvalue weighted by atomic mass is 10.0. The molecule has 4 rings (SSSR count). The molecule has 2 atom stereocenters.